The molecule has 0 heterocycles. The van der Waals surface area contributed by atoms with Gasteiger partial charge in [0.05, 0.1) is 6.61 Å². The van der Waals surface area contributed by atoms with Crippen molar-refractivity contribution < 1.29 is 9.84 Å². The standard InChI is InChI=1S/C20H25NO2/c1-14-6-4-5-7-17(14)20(10-11-20)13-23-19(22)16-8-9-18(21-3)15(2)12-16/h4-9,12,19,21-22H,10-11,13H2,1-3H3. The number of rotatable bonds is 6. The molecule has 1 aliphatic carbocycles. The summed E-state index contributed by atoms with van der Waals surface area (Å²) in [6.45, 7) is 4.73. The molecule has 3 heteroatoms. The summed E-state index contributed by atoms with van der Waals surface area (Å²) in [5.41, 5.74) is 5.73. The molecule has 0 amide bonds. The van der Waals surface area contributed by atoms with E-state index in [1.54, 1.807) is 0 Å². The molecular weight excluding hydrogens is 286 g/mol. The summed E-state index contributed by atoms with van der Waals surface area (Å²) in [5.74, 6) is 0. The van der Waals surface area contributed by atoms with Crippen LogP contribution in [-0.4, -0.2) is 18.8 Å². The lowest BCUT2D eigenvalue weighted by Gasteiger charge is -2.21. The Hall–Kier alpha value is -1.84. The van der Waals surface area contributed by atoms with Crippen LogP contribution in [0.2, 0.25) is 0 Å². The molecule has 1 unspecified atom stereocenters. The average molecular weight is 311 g/mol. The Balaban J connectivity index is 1.69. The van der Waals surface area contributed by atoms with Gasteiger partial charge in [-0.25, -0.2) is 0 Å². The smallest absolute Gasteiger partial charge is 0.181 e. The highest BCUT2D eigenvalue weighted by Gasteiger charge is 2.45. The summed E-state index contributed by atoms with van der Waals surface area (Å²) >= 11 is 0. The van der Waals surface area contributed by atoms with Crippen molar-refractivity contribution in [2.45, 2.75) is 38.4 Å². The molecule has 1 fully saturated rings. The number of hydrogen-bond donors (Lipinski definition) is 2. The Kier molecular flexibility index (Phi) is 4.42. The van der Waals surface area contributed by atoms with Crippen LogP contribution >= 0.6 is 0 Å². The van der Waals surface area contributed by atoms with Crippen LogP contribution in [0.25, 0.3) is 0 Å². The van der Waals surface area contributed by atoms with Crippen molar-refractivity contribution >= 4 is 5.69 Å². The zero-order valence-corrected chi connectivity index (χ0v) is 14.1. The van der Waals surface area contributed by atoms with Crippen LogP contribution in [0.5, 0.6) is 0 Å². The van der Waals surface area contributed by atoms with E-state index in [2.05, 4.69) is 36.5 Å². The van der Waals surface area contributed by atoms with Crippen molar-refractivity contribution in [2.24, 2.45) is 0 Å². The fourth-order valence-corrected chi connectivity index (χ4v) is 3.27. The molecule has 0 aromatic heterocycles. The molecule has 122 valence electrons. The molecule has 23 heavy (non-hydrogen) atoms. The van der Waals surface area contributed by atoms with Crippen LogP contribution in [0.15, 0.2) is 42.5 Å². The highest BCUT2D eigenvalue weighted by Crippen LogP contribution is 2.50. The van der Waals surface area contributed by atoms with Gasteiger partial charge in [0.25, 0.3) is 0 Å². The number of anilines is 1. The van der Waals surface area contributed by atoms with Gasteiger partial charge in [0.1, 0.15) is 0 Å². The summed E-state index contributed by atoms with van der Waals surface area (Å²) in [5, 5.41) is 13.5. The minimum absolute atomic E-state index is 0.0896. The summed E-state index contributed by atoms with van der Waals surface area (Å²) in [4.78, 5) is 0. The minimum Gasteiger partial charge on any atom is -0.388 e. The van der Waals surface area contributed by atoms with Crippen LogP contribution in [0.4, 0.5) is 5.69 Å². The van der Waals surface area contributed by atoms with Crippen LogP contribution in [0, 0.1) is 13.8 Å². The number of ether oxygens (including phenoxy) is 1. The first kappa shape index (κ1) is 16.0. The molecule has 2 N–H and O–H groups in total. The van der Waals surface area contributed by atoms with Crippen molar-refractivity contribution in [1.82, 2.24) is 0 Å². The predicted octanol–water partition coefficient (Wildman–Crippen LogP) is 4.08. The predicted molar refractivity (Wildman–Crippen MR) is 93.7 cm³/mol. The van der Waals surface area contributed by atoms with Crippen LogP contribution in [-0.2, 0) is 10.2 Å². The van der Waals surface area contributed by atoms with Crippen LogP contribution in [0.1, 0.15) is 41.4 Å². The van der Waals surface area contributed by atoms with Crippen molar-refractivity contribution in [1.29, 1.82) is 0 Å². The minimum atomic E-state index is -0.874. The van der Waals surface area contributed by atoms with Gasteiger partial charge in [-0.3, -0.25) is 0 Å². The molecule has 0 bridgehead atoms. The van der Waals surface area contributed by atoms with Gasteiger partial charge in [0.15, 0.2) is 6.29 Å². The van der Waals surface area contributed by atoms with E-state index in [9.17, 15) is 5.11 Å². The summed E-state index contributed by atoms with van der Waals surface area (Å²) in [7, 11) is 1.90. The Morgan fingerprint density at radius 3 is 2.48 bits per heavy atom. The normalized spacial score (nSPS) is 16.9. The second-order valence-corrected chi connectivity index (χ2v) is 6.58. The fourth-order valence-electron chi connectivity index (χ4n) is 3.27. The van der Waals surface area contributed by atoms with E-state index in [1.165, 1.54) is 11.1 Å². The van der Waals surface area contributed by atoms with Gasteiger partial charge in [-0.05, 0) is 55.5 Å². The maximum absolute atomic E-state index is 10.4. The van der Waals surface area contributed by atoms with E-state index in [4.69, 9.17) is 4.74 Å². The third kappa shape index (κ3) is 3.26. The van der Waals surface area contributed by atoms with Gasteiger partial charge < -0.3 is 15.2 Å². The SMILES string of the molecule is CNc1ccc(C(O)OCC2(c3ccccc3C)CC2)cc1C. The Morgan fingerprint density at radius 1 is 1.13 bits per heavy atom. The van der Waals surface area contributed by atoms with Gasteiger partial charge in [0.2, 0.25) is 0 Å². The molecule has 1 atom stereocenters. The number of aliphatic hydroxyl groups is 1. The number of hydrogen-bond acceptors (Lipinski definition) is 3. The number of aliphatic hydroxyl groups excluding tert-OH is 1. The molecule has 2 aromatic rings. The van der Waals surface area contributed by atoms with Gasteiger partial charge >= 0.3 is 0 Å². The van der Waals surface area contributed by atoms with E-state index >= 15 is 0 Å². The molecule has 2 aromatic carbocycles. The Labute approximate surface area is 138 Å². The maximum Gasteiger partial charge on any atom is 0.181 e. The van der Waals surface area contributed by atoms with Gasteiger partial charge in [0, 0.05) is 23.7 Å². The number of benzene rings is 2. The van der Waals surface area contributed by atoms with Gasteiger partial charge in [-0.15, -0.1) is 0 Å². The Bertz CT molecular complexity index is 692. The molecule has 3 rings (SSSR count). The van der Waals surface area contributed by atoms with E-state index < -0.39 is 6.29 Å². The van der Waals surface area contributed by atoms with E-state index in [0.29, 0.717) is 6.61 Å². The quantitative estimate of drug-likeness (QED) is 0.790. The van der Waals surface area contributed by atoms with E-state index in [1.807, 2.05) is 32.2 Å². The highest BCUT2D eigenvalue weighted by molar-refractivity contribution is 5.51. The average Bonchev–Trinajstić information content (AvgIpc) is 3.34. The first-order chi connectivity index (χ1) is 11.1. The zero-order valence-electron chi connectivity index (χ0n) is 14.1. The number of nitrogens with one attached hydrogen (secondary N) is 1. The molecule has 1 saturated carbocycles. The molecule has 0 radical (unpaired) electrons. The van der Waals surface area contributed by atoms with Crippen molar-refractivity contribution in [3.63, 3.8) is 0 Å². The summed E-state index contributed by atoms with van der Waals surface area (Å²) < 4.78 is 5.83. The van der Waals surface area contributed by atoms with Crippen molar-refractivity contribution in [3.05, 3.63) is 64.7 Å². The van der Waals surface area contributed by atoms with Gasteiger partial charge in [-0.2, -0.15) is 0 Å². The van der Waals surface area contributed by atoms with Crippen LogP contribution in [0.3, 0.4) is 0 Å². The lowest BCUT2D eigenvalue weighted by molar-refractivity contribution is -0.109. The first-order valence-corrected chi connectivity index (χ1v) is 8.20. The summed E-state index contributed by atoms with van der Waals surface area (Å²) in [6, 6.07) is 14.3. The maximum atomic E-state index is 10.4. The lowest BCUT2D eigenvalue weighted by atomic mass is 9.93. The third-order valence-electron chi connectivity index (χ3n) is 4.89. The van der Waals surface area contributed by atoms with Crippen molar-refractivity contribution in [3.8, 4) is 0 Å². The summed E-state index contributed by atoms with van der Waals surface area (Å²) in [6.07, 6.45) is 1.38. The van der Waals surface area contributed by atoms with E-state index in [0.717, 1.165) is 29.7 Å². The first-order valence-electron chi connectivity index (χ1n) is 8.20. The topological polar surface area (TPSA) is 41.5 Å². The fraction of sp³-hybridized carbons (Fsp3) is 0.400. The highest BCUT2D eigenvalue weighted by atomic mass is 16.6. The van der Waals surface area contributed by atoms with Crippen LogP contribution < -0.4 is 5.32 Å². The molecule has 0 spiro atoms. The molecule has 0 aliphatic heterocycles. The second kappa shape index (κ2) is 6.34. The Morgan fingerprint density at radius 2 is 1.87 bits per heavy atom. The monoisotopic (exact) mass is 311 g/mol. The second-order valence-electron chi connectivity index (χ2n) is 6.58. The van der Waals surface area contributed by atoms with Crippen molar-refractivity contribution in [2.75, 3.05) is 19.0 Å². The lowest BCUT2D eigenvalue weighted by Crippen LogP contribution is -2.19. The molecule has 1 aliphatic rings. The van der Waals surface area contributed by atoms with Gasteiger partial charge in [-0.1, -0.05) is 30.3 Å². The number of aryl methyl sites for hydroxylation is 2. The molecular formula is C20H25NO2. The third-order valence-corrected chi connectivity index (χ3v) is 4.89. The molecule has 0 saturated heterocycles. The van der Waals surface area contributed by atoms with E-state index in [-0.39, 0.29) is 5.41 Å². The molecule has 3 nitrogen and oxygen atoms in total. The zero-order chi connectivity index (χ0) is 16.4. The largest absolute Gasteiger partial charge is 0.388 e.